The van der Waals surface area contributed by atoms with Crippen LogP contribution >= 0.6 is 11.6 Å². The second-order valence-corrected chi connectivity index (χ2v) is 9.09. The van der Waals surface area contributed by atoms with Gasteiger partial charge in [0.25, 0.3) is 0 Å². The fourth-order valence-electron chi connectivity index (χ4n) is 5.28. The van der Waals surface area contributed by atoms with Gasteiger partial charge >= 0.3 is 0 Å². The van der Waals surface area contributed by atoms with E-state index in [0.717, 1.165) is 44.6 Å². The van der Waals surface area contributed by atoms with Crippen molar-refractivity contribution in [1.82, 2.24) is 4.57 Å². The molecule has 0 fully saturated rings. The monoisotopic (exact) mass is 457 g/mol. The maximum absolute atomic E-state index is 6.56. The fourth-order valence-corrected chi connectivity index (χ4v) is 5.48. The first-order chi connectivity index (χ1) is 16.8. The average Bonchev–Trinajstić information content (AvgIpc) is 3.42. The minimum atomic E-state index is 0.773. The standard InChI is InChI=1S/C31H20ClNO/c32-25-14-6-4-9-20(25)19-21-10-8-15-26-29(21)24-17-18-28-30(23-13-5-7-16-27(23)34-28)31(24)33(26)22-11-2-1-3-12-22/h1-18H,19H2. The molecule has 2 heterocycles. The van der Waals surface area contributed by atoms with Crippen LogP contribution in [-0.2, 0) is 6.42 Å². The zero-order chi connectivity index (χ0) is 22.6. The van der Waals surface area contributed by atoms with E-state index in [1.807, 2.05) is 24.3 Å². The number of hydrogen-bond donors (Lipinski definition) is 0. The van der Waals surface area contributed by atoms with Gasteiger partial charge in [0.15, 0.2) is 0 Å². The zero-order valence-corrected chi connectivity index (χ0v) is 19.1. The maximum Gasteiger partial charge on any atom is 0.137 e. The van der Waals surface area contributed by atoms with E-state index < -0.39 is 0 Å². The summed E-state index contributed by atoms with van der Waals surface area (Å²) < 4.78 is 8.64. The Morgan fingerprint density at radius 2 is 1.35 bits per heavy atom. The lowest BCUT2D eigenvalue weighted by molar-refractivity contribution is 0.669. The Morgan fingerprint density at radius 3 is 2.24 bits per heavy atom. The minimum absolute atomic E-state index is 0.773. The summed E-state index contributed by atoms with van der Waals surface area (Å²) >= 11 is 6.56. The number of aromatic nitrogens is 1. The van der Waals surface area contributed by atoms with E-state index in [4.69, 9.17) is 16.0 Å². The summed E-state index contributed by atoms with van der Waals surface area (Å²) in [4.78, 5) is 0. The molecule has 7 aromatic rings. The molecule has 5 aromatic carbocycles. The van der Waals surface area contributed by atoms with E-state index in [2.05, 4.69) is 89.5 Å². The van der Waals surface area contributed by atoms with Gasteiger partial charge < -0.3 is 8.98 Å². The third kappa shape index (κ3) is 2.82. The van der Waals surface area contributed by atoms with Crippen LogP contribution in [0, 0.1) is 0 Å². The number of fused-ring (bicyclic) bond motifs is 7. The number of halogens is 1. The molecule has 0 unspecified atom stereocenters. The van der Waals surface area contributed by atoms with Gasteiger partial charge in [0, 0.05) is 26.9 Å². The van der Waals surface area contributed by atoms with Crippen molar-refractivity contribution in [2.24, 2.45) is 0 Å². The molecular formula is C31H20ClNO. The molecule has 0 spiro atoms. The first-order valence-electron chi connectivity index (χ1n) is 11.4. The summed E-state index contributed by atoms with van der Waals surface area (Å²) in [5.74, 6) is 0. The molecule has 0 aliphatic heterocycles. The quantitative estimate of drug-likeness (QED) is 0.259. The molecule has 0 radical (unpaired) electrons. The van der Waals surface area contributed by atoms with Gasteiger partial charge in [-0.2, -0.15) is 0 Å². The lowest BCUT2D eigenvalue weighted by atomic mass is 9.99. The Bertz CT molecular complexity index is 1840. The predicted octanol–water partition coefficient (Wildman–Crippen LogP) is 8.93. The summed E-state index contributed by atoms with van der Waals surface area (Å²) in [5.41, 5.74) is 7.70. The summed E-state index contributed by atoms with van der Waals surface area (Å²) in [6.07, 6.45) is 0.773. The SMILES string of the molecule is Clc1ccccc1Cc1cccc2c1c1ccc3oc4ccccc4c3c1n2-c1ccccc1. The molecule has 0 N–H and O–H groups in total. The van der Waals surface area contributed by atoms with Crippen molar-refractivity contribution in [1.29, 1.82) is 0 Å². The Balaban J connectivity index is 1.66. The molecule has 3 heteroatoms. The molecule has 2 nitrogen and oxygen atoms in total. The van der Waals surface area contributed by atoms with E-state index in [1.54, 1.807) is 0 Å². The first kappa shape index (κ1) is 19.5. The smallest absolute Gasteiger partial charge is 0.137 e. The van der Waals surface area contributed by atoms with Gasteiger partial charge in [-0.15, -0.1) is 0 Å². The first-order valence-corrected chi connectivity index (χ1v) is 11.8. The molecule has 0 aliphatic carbocycles. The number of hydrogen-bond acceptors (Lipinski definition) is 1. The maximum atomic E-state index is 6.56. The van der Waals surface area contributed by atoms with Gasteiger partial charge in [0.1, 0.15) is 11.2 Å². The topological polar surface area (TPSA) is 18.1 Å². The number of furan rings is 1. The predicted molar refractivity (Wildman–Crippen MR) is 142 cm³/mol. The van der Waals surface area contributed by atoms with Crippen LogP contribution in [0.1, 0.15) is 11.1 Å². The highest BCUT2D eigenvalue weighted by atomic mass is 35.5. The Labute approximate surface area is 201 Å². The lowest BCUT2D eigenvalue weighted by Gasteiger charge is -2.09. The number of benzene rings is 5. The van der Waals surface area contributed by atoms with Crippen molar-refractivity contribution in [2.45, 2.75) is 6.42 Å². The summed E-state index contributed by atoms with van der Waals surface area (Å²) in [6.45, 7) is 0. The van der Waals surface area contributed by atoms with Gasteiger partial charge in [-0.1, -0.05) is 78.3 Å². The van der Waals surface area contributed by atoms with E-state index >= 15 is 0 Å². The molecule has 7 rings (SSSR count). The molecule has 2 aromatic heterocycles. The van der Waals surface area contributed by atoms with Gasteiger partial charge in [-0.05, 0) is 60.0 Å². The van der Waals surface area contributed by atoms with Crippen molar-refractivity contribution in [3.8, 4) is 5.69 Å². The number of nitrogens with zero attached hydrogens (tertiary/aromatic N) is 1. The molecule has 0 atom stereocenters. The van der Waals surface area contributed by atoms with Crippen LogP contribution in [0.3, 0.4) is 0 Å². The Hall–Kier alpha value is -4.01. The fraction of sp³-hybridized carbons (Fsp3) is 0.0323. The Morgan fingerprint density at radius 1 is 0.588 bits per heavy atom. The highest BCUT2D eigenvalue weighted by molar-refractivity contribution is 6.31. The summed E-state index contributed by atoms with van der Waals surface area (Å²) in [7, 11) is 0. The largest absolute Gasteiger partial charge is 0.456 e. The second kappa shape index (κ2) is 7.51. The average molecular weight is 458 g/mol. The van der Waals surface area contributed by atoms with Crippen molar-refractivity contribution < 1.29 is 4.42 Å². The lowest BCUT2D eigenvalue weighted by Crippen LogP contribution is -1.94. The van der Waals surface area contributed by atoms with Crippen LogP contribution in [-0.4, -0.2) is 4.57 Å². The molecule has 0 bridgehead atoms. The van der Waals surface area contributed by atoms with Crippen molar-refractivity contribution in [2.75, 3.05) is 0 Å². The number of para-hydroxylation sites is 2. The third-order valence-corrected chi connectivity index (χ3v) is 7.10. The van der Waals surface area contributed by atoms with Crippen molar-refractivity contribution >= 4 is 55.3 Å². The van der Waals surface area contributed by atoms with Crippen molar-refractivity contribution in [3.63, 3.8) is 0 Å². The minimum Gasteiger partial charge on any atom is -0.456 e. The van der Waals surface area contributed by atoms with Crippen molar-refractivity contribution in [3.05, 3.63) is 125 Å². The van der Waals surface area contributed by atoms with Gasteiger partial charge in [-0.3, -0.25) is 0 Å². The molecule has 0 amide bonds. The van der Waals surface area contributed by atoms with Crippen LogP contribution in [0.5, 0.6) is 0 Å². The molecule has 162 valence electrons. The van der Waals surface area contributed by atoms with Gasteiger partial charge in [-0.25, -0.2) is 0 Å². The van der Waals surface area contributed by atoms with Crippen LogP contribution in [0.15, 0.2) is 114 Å². The van der Waals surface area contributed by atoms with Crippen LogP contribution in [0.25, 0.3) is 49.4 Å². The second-order valence-electron chi connectivity index (χ2n) is 8.68. The van der Waals surface area contributed by atoms with E-state index in [-0.39, 0.29) is 0 Å². The normalized spacial score (nSPS) is 11.8. The summed E-state index contributed by atoms with van der Waals surface area (Å²) in [6, 6.07) is 37.9. The van der Waals surface area contributed by atoms with Crippen LogP contribution < -0.4 is 0 Å². The van der Waals surface area contributed by atoms with E-state index in [9.17, 15) is 0 Å². The van der Waals surface area contributed by atoms with Crippen LogP contribution in [0.4, 0.5) is 0 Å². The van der Waals surface area contributed by atoms with Gasteiger partial charge in [0.2, 0.25) is 0 Å². The Kier molecular flexibility index (Phi) is 4.30. The highest BCUT2D eigenvalue weighted by Gasteiger charge is 2.20. The van der Waals surface area contributed by atoms with E-state index in [0.29, 0.717) is 0 Å². The molecular weight excluding hydrogens is 438 g/mol. The molecule has 0 saturated heterocycles. The third-order valence-electron chi connectivity index (χ3n) is 6.73. The van der Waals surface area contributed by atoms with Crippen LogP contribution in [0.2, 0.25) is 5.02 Å². The molecule has 34 heavy (non-hydrogen) atoms. The number of rotatable bonds is 3. The highest BCUT2D eigenvalue weighted by Crippen LogP contribution is 2.42. The molecule has 0 aliphatic rings. The molecule has 0 saturated carbocycles. The summed E-state index contributed by atoms with van der Waals surface area (Å²) in [5, 5.41) is 5.57. The van der Waals surface area contributed by atoms with E-state index in [1.165, 1.54) is 27.4 Å². The van der Waals surface area contributed by atoms with Gasteiger partial charge in [0.05, 0.1) is 16.4 Å². The zero-order valence-electron chi connectivity index (χ0n) is 18.3.